The Morgan fingerprint density at radius 2 is 1.89 bits per heavy atom. The van der Waals surface area contributed by atoms with Crippen LogP contribution < -0.4 is 5.32 Å². The molecule has 0 spiro atoms. The lowest BCUT2D eigenvalue weighted by Crippen LogP contribution is -2.28. The summed E-state index contributed by atoms with van der Waals surface area (Å²) in [5, 5.41) is 3.75. The molecule has 3 atom stereocenters. The fourth-order valence-electron chi connectivity index (χ4n) is 3.88. The van der Waals surface area contributed by atoms with Gasteiger partial charge in [-0.15, -0.1) is 0 Å². The summed E-state index contributed by atoms with van der Waals surface area (Å²) >= 11 is 0. The Morgan fingerprint density at radius 1 is 1.17 bits per heavy atom. The summed E-state index contributed by atoms with van der Waals surface area (Å²) in [4.78, 5) is 0. The van der Waals surface area contributed by atoms with Crippen LogP contribution in [0, 0.1) is 31.6 Å². The van der Waals surface area contributed by atoms with Gasteiger partial charge in [0.2, 0.25) is 0 Å². The van der Waals surface area contributed by atoms with Crippen LogP contribution in [0.15, 0.2) is 18.2 Å². The van der Waals surface area contributed by atoms with Crippen LogP contribution in [0.5, 0.6) is 0 Å². The van der Waals surface area contributed by atoms with E-state index in [4.69, 9.17) is 0 Å². The summed E-state index contributed by atoms with van der Waals surface area (Å²) in [6.45, 7) is 7.77. The Bertz CT molecular complexity index is 427. The highest BCUT2D eigenvalue weighted by molar-refractivity contribution is 5.34. The van der Waals surface area contributed by atoms with E-state index in [1.165, 1.54) is 30.4 Å². The molecule has 1 nitrogen and oxygen atoms in total. The molecular weight excluding hydrogens is 218 g/mol. The summed E-state index contributed by atoms with van der Waals surface area (Å²) in [6, 6.07) is 7.49. The number of hydrogen-bond acceptors (Lipinski definition) is 1. The minimum Gasteiger partial charge on any atom is -0.310 e. The summed E-state index contributed by atoms with van der Waals surface area (Å²) in [7, 11) is 0. The number of rotatable bonds is 4. The van der Waals surface area contributed by atoms with Gasteiger partial charge in [-0.25, -0.2) is 0 Å². The van der Waals surface area contributed by atoms with Gasteiger partial charge in [-0.05, 0) is 68.5 Å². The van der Waals surface area contributed by atoms with Gasteiger partial charge in [0.05, 0.1) is 0 Å². The van der Waals surface area contributed by atoms with E-state index in [9.17, 15) is 0 Å². The molecule has 1 aromatic rings. The van der Waals surface area contributed by atoms with E-state index < -0.39 is 0 Å². The molecule has 2 aliphatic rings. The second-order valence-electron chi connectivity index (χ2n) is 6.38. The molecule has 18 heavy (non-hydrogen) atoms. The number of aryl methyl sites for hydroxylation is 2. The lowest BCUT2D eigenvalue weighted by Gasteiger charge is -2.28. The lowest BCUT2D eigenvalue weighted by molar-refractivity contribution is 0.345. The van der Waals surface area contributed by atoms with Gasteiger partial charge in [-0.2, -0.15) is 0 Å². The quantitative estimate of drug-likeness (QED) is 0.843. The largest absolute Gasteiger partial charge is 0.310 e. The molecule has 0 radical (unpaired) electrons. The molecular formula is C17H25N. The van der Waals surface area contributed by atoms with Crippen LogP contribution in [0.4, 0.5) is 0 Å². The number of hydrogen-bond donors (Lipinski definition) is 1. The number of benzene rings is 1. The van der Waals surface area contributed by atoms with Crippen molar-refractivity contribution in [3.8, 4) is 0 Å². The minimum absolute atomic E-state index is 0.586. The molecule has 1 N–H and O–H groups in total. The van der Waals surface area contributed by atoms with Crippen molar-refractivity contribution in [3.63, 3.8) is 0 Å². The van der Waals surface area contributed by atoms with Crippen LogP contribution >= 0.6 is 0 Å². The van der Waals surface area contributed by atoms with Gasteiger partial charge in [-0.3, -0.25) is 0 Å². The van der Waals surface area contributed by atoms with Crippen molar-refractivity contribution in [2.45, 2.75) is 46.1 Å². The van der Waals surface area contributed by atoms with Crippen LogP contribution in [-0.2, 0) is 0 Å². The zero-order valence-corrected chi connectivity index (χ0v) is 11.9. The van der Waals surface area contributed by atoms with Crippen molar-refractivity contribution in [2.24, 2.45) is 17.8 Å². The zero-order chi connectivity index (χ0) is 12.7. The topological polar surface area (TPSA) is 12.0 Å². The first kappa shape index (κ1) is 12.2. The Kier molecular flexibility index (Phi) is 3.19. The van der Waals surface area contributed by atoms with Gasteiger partial charge in [-0.1, -0.05) is 30.7 Å². The highest BCUT2D eigenvalue weighted by Gasteiger charge is 2.48. The standard InChI is InChI=1S/C17H25N/c1-4-18-17(15-9-13-8-14(13)10-15)16-7-11(2)5-6-12(16)3/h5-7,13-15,17-18H,4,8-10H2,1-3H3. The third kappa shape index (κ3) is 2.21. The molecule has 0 saturated heterocycles. The maximum atomic E-state index is 3.75. The van der Waals surface area contributed by atoms with Gasteiger partial charge in [0.15, 0.2) is 0 Å². The van der Waals surface area contributed by atoms with Gasteiger partial charge in [0, 0.05) is 6.04 Å². The third-order valence-corrected chi connectivity index (χ3v) is 4.95. The van der Waals surface area contributed by atoms with E-state index in [2.05, 4.69) is 44.3 Å². The fourth-order valence-corrected chi connectivity index (χ4v) is 3.88. The summed E-state index contributed by atoms with van der Waals surface area (Å²) < 4.78 is 0. The Labute approximate surface area is 111 Å². The number of nitrogens with one attached hydrogen (secondary N) is 1. The highest BCUT2D eigenvalue weighted by Crippen LogP contribution is 2.57. The van der Waals surface area contributed by atoms with Crippen LogP contribution in [0.3, 0.4) is 0 Å². The summed E-state index contributed by atoms with van der Waals surface area (Å²) in [5.74, 6) is 3.01. The van der Waals surface area contributed by atoms with E-state index in [1.807, 2.05) is 0 Å². The maximum Gasteiger partial charge on any atom is 0.0351 e. The second kappa shape index (κ2) is 4.70. The van der Waals surface area contributed by atoms with Crippen molar-refractivity contribution < 1.29 is 0 Å². The summed E-state index contributed by atoms with van der Waals surface area (Å²) in [5.41, 5.74) is 4.39. The van der Waals surface area contributed by atoms with Crippen molar-refractivity contribution in [3.05, 3.63) is 34.9 Å². The molecule has 1 aromatic carbocycles. The molecule has 0 amide bonds. The number of fused-ring (bicyclic) bond motifs is 1. The van der Waals surface area contributed by atoms with Crippen molar-refractivity contribution >= 4 is 0 Å². The van der Waals surface area contributed by atoms with Crippen molar-refractivity contribution in [1.29, 1.82) is 0 Å². The molecule has 2 fully saturated rings. The molecule has 0 bridgehead atoms. The van der Waals surface area contributed by atoms with E-state index >= 15 is 0 Å². The average molecular weight is 243 g/mol. The van der Waals surface area contributed by atoms with E-state index in [0.717, 1.165) is 24.3 Å². The zero-order valence-electron chi connectivity index (χ0n) is 11.9. The maximum absolute atomic E-state index is 3.75. The van der Waals surface area contributed by atoms with Crippen molar-refractivity contribution in [2.75, 3.05) is 6.54 Å². The van der Waals surface area contributed by atoms with Gasteiger partial charge >= 0.3 is 0 Å². The lowest BCUT2D eigenvalue weighted by atomic mass is 9.86. The normalized spacial score (nSPS) is 31.2. The second-order valence-corrected chi connectivity index (χ2v) is 6.38. The van der Waals surface area contributed by atoms with Crippen LogP contribution in [0.1, 0.15) is 48.9 Å². The smallest absolute Gasteiger partial charge is 0.0351 e. The first-order valence-corrected chi connectivity index (χ1v) is 7.49. The first-order valence-electron chi connectivity index (χ1n) is 7.49. The monoisotopic (exact) mass is 243 g/mol. The average Bonchev–Trinajstić information content (AvgIpc) is 2.97. The molecule has 1 heteroatoms. The molecule has 2 saturated carbocycles. The Balaban J connectivity index is 1.85. The molecule has 0 aromatic heterocycles. The fraction of sp³-hybridized carbons (Fsp3) is 0.647. The molecule has 2 aliphatic carbocycles. The van der Waals surface area contributed by atoms with Gasteiger partial charge < -0.3 is 5.32 Å². The van der Waals surface area contributed by atoms with Gasteiger partial charge in [0.25, 0.3) is 0 Å². The molecule has 98 valence electrons. The summed E-state index contributed by atoms with van der Waals surface area (Å²) in [6.07, 6.45) is 4.42. The van der Waals surface area contributed by atoms with Crippen LogP contribution in [0.2, 0.25) is 0 Å². The van der Waals surface area contributed by atoms with E-state index in [1.54, 1.807) is 5.56 Å². The Morgan fingerprint density at radius 3 is 2.56 bits per heavy atom. The molecule has 0 aliphatic heterocycles. The minimum atomic E-state index is 0.586. The van der Waals surface area contributed by atoms with E-state index in [0.29, 0.717) is 6.04 Å². The van der Waals surface area contributed by atoms with E-state index in [-0.39, 0.29) is 0 Å². The third-order valence-electron chi connectivity index (χ3n) is 4.95. The molecule has 0 heterocycles. The predicted molar refractivity (Wildman–Crippen MR) is 76.7 cm³/mol. The Hall–Kier alpha value is -0.820. The first-order chi connectivity index (χ1) is 8.69. The molecule has 3 unspecified atom stereocenters. The SMILES string of the molecule is CCNC(c1cc(C)ccc1C)C1CC2CC2C1. The highest BCUT2D eigenvalue weighted by atomic mass is 14.9. The van der Waals surface area contributed by atoms with Crippen LogP contribution in [0.25, 0.3) is 0 Å². The van der Waals surface area contributed by atoms with Gasteiger partial charge in [0.1, 0.15) is 0 Å². The van der Waals surface area contributed by atoms with Crippen molar-refractivity contribution in [1.82, 2.24) is 5.32 Å². The molecule has 3 rings (SSSR count). The predicted octanol–water partition coefficient (Wildman–Crippen LogP) is 4.00. The van der Waals surface area contributed by atoms with Crippen LogP contribution in [-0.4, -0.2) is 6.54 Å².